The van der Waals surface area contributed by atoms with E-state index in [1.54, 1.807) is 10.9 Å². The van der Waals surface area contributed by atoms with Crippen molar-refractivity contribution in [3.05, 3.63) is 35.5 Å². The van der Waals surface area contributed by atoms with E-state index < -0.39 is 0 Å². The van der Waals surface area contributed by atoms with Crippen molar-refractivity contribution >= 4 is 5.82 Å². The normalized spacial score (nSPS) is 9.94. The Balaban J connectivity index is 2.13. The Hall–Kier alpha value is -2.42. The number of hydrogen-bond donors (Lipinski definition) is 1. The molecule has 2 rings (SSSR count). The molecule has 0 atom stereocenters. The van der Waals surface area contributed by atoms with E-state index >= 15 is 0 Å². The van der Waals surface area contributed by atoms with Crippen molar-refractivity contribution in [1.82, 2.24) is 19.7 Å². The second-order valence-corrected chi connectivity index (χ2v) is 3.63. The molecule has 0 saturated carbocycles. The van der Waals surface area contributed by atoms with Gasteiger partial charge in [-0.25, -0.2) is 9.97 Å². The van der Waals surface area contributed by atoms with Gasteiger partial charge in [-0.3, -0.25) is 4.68 Å². The number of aromatic nitrogens is 4. The first-order valence-electron chi connectivity index (χ1n) is 5.15. The Bertz CT molecular complexity index is 566. The zero-order valence-corrected chi connectivity index (χ0v) is 9.68. The molecule has 6 heteroatoms. The van der Waals surface area contributed by atoms with Crippen molar-refractivity contribution in [2.45, 2.75) is 13.5 Å². The number of rotatable bonds is 3. The van der Waals surface area contributed by atoms with Crippen LogP contribution in [0.3, 0.4) is 0 Å². The number of anilines is 1. The topological polar surface area (TPSA) is 79.4 Å². The van der Waals surface area contributed by atoms with Crippen molar-refractivity contribution in [2.24, 2.45) is 7.05 Å². The maximum absolute atomic E-state index is 8.87. The largest absolute Gasteiger partial charge is 0.363 e. The van der Waals surface area contributed by atoms with Gasteiger partial charge in [-0.1, -0.05) is 0 Å². The molecule has 0 unspecified atom stereocenters. The Morgan fingerprint density at radius 1 is 1.41 bits per heavy atom. The second kappa shape index (κ2) is 4.61. The molecule has 0 radical (unpaired) electrons. The number of nitriles is 1. The highest BCUT2D eigenvalue weighted by atomic mass is 15.3. The average Bonchev–Trinajstić information content (AvgIpc) is 2.65. The Kier molecular flexibility index (Phi) is 3.01. The van der Waals surface area contributed by atoms with E-state index in [1.807, 2.05) is 26.2 Å². The zero-order chi connectivity index (χ0) is 12.3. The maximum Gasteiger partial charge on any atom is 0.182 e. The van der Waals surface area contributed by atoms with Gasteiger partial charge in [0.1, 0.15) is 6.07 Å². The molecular weight excluding hydrogens is 216 g/mol. The minimum atomic E-state index is 0.300. The summed E-state index contributed by atoms with van der Waals surface area (Å²) < 4.78 is 1.76. The summed E-state index contributed by atoms with van der Waals surface area (Å²) in [6.07, 6.45) is 4.99. The predicted octanol–water partition coefficient (Wildman–Crippen LogP) is 1.00. The molecule has 0 aliphatic rings. The van der Waals surface area contributed by atoms with Crippen LogP contribution >= 0.6 is 0 Å². The molecule has 0 aromatic carbocycles. The van der Waals surface area contributed by atoms with Crippen molar-refractivity contribution in [1.29, 1.82) is 5.26 Å². The lowest BCUT2D eigenvalue weighted by Crippen LogP contribution is -2.04. The minimum absolute atomic E-state index is 0.300. The van der Waals surface area contributed by atoms with Crippen molar-refractivity contribution in [3.63, 3.8) is 0 Å². The molecule has 2 heterocycles. The fraction of sp³-hybridized carbons (Fsp3) is 0.273. The summed E-state index contributed by atoms with van der Waals surface area (Å²) in [6, 6.07) is 1.99. The first-order chi connectivity index (χ1) is 8.20. The highest BCUT2D eigenvalue weighted by Gasteiger charge is 2.06. The summed E-state index contributed by atoms with van der Waals surface area (Å²) >= 11 is 0. The molecule has 86 valence electrons. The molecule has 0 fully saturated rings. The van der Waals surface area contributed by atoms with Crippen LogP contribution in [-0.4, -0.2) is 19.7 Å². The summed E-state index contributed by atoms with van der Waals surface area (Å²) in [5, 5.41) is 16.2. The molecule has 6 nitrogen and oxygen atoms in total. The number of nitrogens with one attached hydrogen (secondary N) is 1. The summed E-state index contributed by atoms with van der Waals surface area (Å²) in [6.45, 7) is 2.52. The molecule has 0 amide bonds. The summed E-state index contributed by atoms with van der Waals surface area (Å²) in [4.78, 5) is 8.01. The molecule has 2 aromatic rings. The molecule has 0 saturated heterocycles. The van der Waals surface area contributed by atoms with Gasteiger partial charge in [0.2, 0.25) is 0 Å². The quantitative estimate of drug-likeness (QED) is 0.847. The Labute approximate surface area is 98.9 Å². The van der Waals surface area contributed by atoms with Gasteiger partial charge in [-0.05, 0) is 6.92 Å². The van der Waals surface area contributed by atoms with E-state index in [0.29, 0.717) is 18.1 Å². The van der Waals surface area contributed by atoms with Crippen LogP contribution in [0.1, 0.15) is 17.0 Å². The van der Waals surface area contributed by atoms with Gasteiger partial charge in [-0.2, -0.15) is 10.4 Å². The smallest absolute Gasteiger partial charge is 0.182 e. The van der Waals surface area contributed by atoms with Crippen LogP contribution in [-0.2, 0) is 13.6 Å². The standard InChI is InChI=1S/C11H12N6/c1-8-9(7-17(2)16-8)6-15-11-10(5-12)13-3-4-14-11/h3-4,7H,6H2,1-2H3,(H,14,15). The molecule has 0 aliphatic carbocycles. The minimum Gasteiger partial charge on any atom is -0.363 e. The third-order valence-electron chi connectivity index (χ3n) is 2.37. The third-order valence-corrected chi connectivity index (χ3v) is 2.37. The molecule has 1 N–H and O–H groups in total. The first kappa shape index (κ1) is 11.1. The SMILES string of the molecule is Cc1nn(C)cc1CNc1nccnc1C#N. The highest BCUT2D eigenvalue weighted by Crippen LogP contribution is 2.10. The van der Waals surface area contributed by atoms with Crippen LogP contribution in [0.15, 0.2) is 18.6 Å². The number of aryl methyl sites for hydroxylation is 2. The van der Waals surface area contributed by atoms with Gasteiger partial charge >= 0.3 is 0 Å². The van der Waals surface area contributed by atoms with Crippen LogP contribution in [0.25, 0.3) is 0 Å². The second-order valence-electron chi connectivity index (χ2n) is 3.63. The maximum atomic E-state index is 8.87. The third kappa shape index (κ3) is 2.39. The van der Waals surface area contributed by atoms with Gasteiger partial charge in [0, 0.05) is 37.7 Å². The van der Waals surface area contributed by atoms with E-state index in [2.05, 4.69) is 20.4 Å². The lowest BCUT2D eigenvalue weighted by molar-refractivity contribution is 0.756. The van der Waals surface area contributed by atoms with E-state index in [9.17, 15) is 0 Å². The van der Waals surface area contributed by atoms with Crippen LogP contribution in [0.2, 0.25) is 0 Å². The first-order valence-corrected chi connectivity index (χ1v) is 5.15. The van der Waals surface area contributed by atoms with Crippen LogP contribution < -0.4 is 5.32 Å². The fourth-order valence-corrected chi connectivity index (χ4v) is 1.55. The van der Waals surface area contributed by atoms with Crippen molar-refractivity contribution < 1.29 is 0 Å². The van der Waals surface area contributed by atoms with E-state index in [0.717, 1.165) is 11.3 Å². The summed E-state index contributed by atoms with van der Waals surface area (Å²) in [5.41, 5.74) is 2.33. The highest BCUT2D eigenvalue weighted by molar-refractivity contribution is 5.47. The average molecular weight is 228 g/mol. The Morgan fingerprint density at radius 2 is 2.18 bits per heavy atom. The van der Waals surface area contributed by atoms with Gasteiger partial charge < -0.3 is 5.32 Å². The monoisotopic (exact) mass is 228 g/mol. The predicted molar refractivity (Wildman–Crippen MR) is 62.0 cm³/mol. The molecule has 2 aromatic heterocycles. The van der Waals surface area contributed by atoms with Crippen LogP contribution in [0, 0.1) is 18.3 Å². The lowest BCUT2D eigenvalue weighted by Gasteiger charge is -2.04. The van der Waals surface area contributed by atoms with Crippen LogP contribution in [0.5, 0.6) is 0 Å². The Morgan fingerprint density at radius 3 is 2.82 bits per heavy atom. The van der Waals surface area contributed by atoms with E-state index in [1.165, 1.54) is 6.20 Å². The molecule has 17 heavy (non-hydrogen) atoms. The molecule has 0 aliphatic heterocycles. The molecular formula is C11H12N6. The van der Waals surface area contributed by atoms with Crippen molar-refractivity contribution in [3.8, 4) is 6.07 Å². The fourth-order valence-electron chi connectivity index (χ4n) is 1.55. The number of hydrogen-bond acceptors (Lipinski definition) is 5. The van der Waals surface area contributed by atoms with Gasteiger partial charge in [0.15, 0.2) is 11.5 Å². The molecule has 0 spiro atoms. The number of nitrogens with zero attached hydrogens (tertiary/aromatic N) is 5. The van der Waals surface area contributed by atoms with Crippen molar-refractivity contribution in [2.75, 3.05) is 5.32 Å². The van der Waals surface area contributed by atoms with Gasteiger partial charge in [0.05, 0.1) is 5.69 Å². The van der Waals surface area contributed by atoms with Gasteiger partial charge in [0.25, 0.3) is 0 Å². The van der Waals surface area contributed by atoms with E-state index in [4.69, 9.17) is 5.26 Å². The molecule has 0 bridgehead atoms. The van der Waals surface area contributed by atoms with Gasteiger partial charge in [-0.15, -0.1) is 0 Å². The zero-order valence-electron chi connectivity index (χ0n) is 9.68. The lowest BCUT2D eigenvalue weighted by atomic mass is 10.2. The van der Waals surface area contributed by atoms with Crippen LogP contribution in [0.4, 0.5) is 5.82 Å². The van der Waals surface area contributed by atoms with E-state index in [-0.39, 0.29) is 0 Å². The summed E-state index contributed by atoms with van der Waals surface area (Å²) in [5.74, 6) is 0.498. The summed E-state index contributed by atoms with van der Waals surface area (Å²) in [7, 11) is 1.87.